The number of rotatable bonds is 7. The van der Waals surface area contributed by atoms with Crippen molar-refractivity contribution in [3.8, 4) is 0 Å². The molecule has 0 spiro atoms. The van der Waals surface area contributed by atoms with E-state index in [1.807, 2.05) is 6.92 Å². The van der Waals surface area contributed by atoms with Gasteiger partial charge in [-0.15, -0.1) is 0 Å². The summed E-state index contributed by atoms with van der Waals surface area (Å²) in [7, 11) is -10.9. The first-order chi connectivity index (χ1) is 10.4. The minimum absolute atomic E-state index is 0.116. The van der Waals surface area contributed by atoms with E-state index in [-0.39, 0.29) is 13.0 Å². The Labute approximate surface area is 132 Å². The maximum Gasteiger partial charge on any atom is 0.369 e. The van der Waals surface area contributed by atoms with E-state index in [0.29, 0.717) is 5.56 Å². The second-order valence-corrected chi connectivity index (χ2v) is 9.10. The summed E-state index contributed by atoms with van der Waals surface area (Å²) in [5.41, 5.74) is 1.34. The van der Waals surface area contributed by atoms with Gasteiger partial charge in [-0.3, -0.25) is 13.9 Å². The van der Waals surface area contributed by atoms with Crippen molar-refractivity contribution in [2.75, 3.05) is 6.54 Å². The number of aliphatic hydroxyl groups is 1. The number of amides is 1. The van der Waals surface area contributed by atoms with Crippen LogP contribution in [0.25, 0.3) is 0 Å². The van der Waals surface area contributed by atoms with Crippen molar-refractivity contribution in [1.82, 2.24) is 5.32 Å². The Kier molecular flexibility index (Phi) is 6.29. The first kappa shape index (κ1) is 20.0. The Morgan fingerprint density at radius 2 is 1.57 bits per heavy atom. The van der Waals surface area contributed by atoms with E-state index in [1.54, 1.807) is 24.3 Å². The number of benzene rings is 1. The summed E-state index contributed by atoms with van der Waals surface area (Å²) in [6, 6.07) is 6.64. The summed E-state index contributed by atoms with van der Waals surface area (Å²) in [5, 5.41) is 8.65. The Hall–Kier alpha value is -1.05. The summed E-state index contributed by atoms with van der Waals surface area (Å²) >= 11 is 0. The molecule has 0 aliphatic carbocycles. The molecule has 0 aromatic heterocycles. The quantitative estimate of drug-likeness (QED) is 0.300. The molecule has 0 radical (unpaired) electrons. The molecule has 0 atom stereocenters. The Balaban J connectivity index is 2.62. The van der Waals surface area contributed by atoms with Gasteiger partial charge in [0.15, 0.2) is 0 Å². The molecule has 11 heteroatoms. The number of nitrogens with one attached hydrogen (secondary N) is 1. The summed E-state index contributed by atoms with van der Waals surface area (Å²) < 4.78 is 22.3. The number of carbonyl (C=O) groups excluding carboxylic acids is 1. The third-order valence-electron chi connectivity index (χ3n) is 3.22. The lowest BCUT2D eigenvalue weighted by Crippen LogP contribution is -2.31. The van der Waals surface area contributed by atoms with E-state index in [9.17, 15) is 19.0 Å². The Morgan fingerprint density at radius 1 is 1.09 bits per heavy atom. The molecule has 0 unspecified atom stereocenters. The van der Waals surface area contributed by atoms with Crippen LogP contribution in [0.15, 0.2) is 24.3 Å². The number of carbonyl (C=O) groups is 1. The van der Waals surface area contributed by atoms with Crippen molar-refractivity contribution in [3.63, 3.8) is 0 Å². The van der Waals surface area contributed by atoms with Crippen molar-refractivity contribution in [2.45, 2.75) is 24.8 Å². The lowest BCUT2D eigenvalue weighted by atomic mass is 10.1. The molecule has 0 fully saturated rings. The molecular weight excluding hydrogens is 348 g/mol. The highest BCUT2D eigenvalue weighted by atomic mass is 31.2. The van der Waals surface area contributed by atoms with Crippen LogP contribution < -0.4 is 5.32 Å². The zero-order valence-corrected chi connectivity index (χ0v) is 14.1. The molecule has 1 amide bonds. The monoisotopic (exact) mass is 367 g/mol. The normalized spacial score (nSPS) is 13.0. The number of aryl methyl sites for hydroxylation is 1. The van der Waals surface area contributed by atoms with Crippen LogP contribution in [0.2, 0.25) is 0 Å². The van der Waals surface area contributed by atoms with Crippen molar-refractivity contribution < 1.29 is 38.6 Å². The van der Waals surface area contributed by atoms with Crippen LogP contribution in [-0.4, -0.2) is 42.2 Å². The maximum absolute atomic E-state index is 11.8. The molecule has 9 nitrogen and oxygen atoms in total. The van der Waals surface area contributed by atoms with E-state index in [2.05, 4.69) is 5.32 Å². The van der Waals surface area contributed by atoms with Crippen LogP contribution in [0.3, 0.4) is 0 Å². The molecule has 23 heavy (non-hydrogen) atoms. The molecule has 0 saturated heterocycles. The van der Waals surface area contributed by atoms with Gasteiger partial charge in [0, 0.05) is 18.5 Å². The summed E-state index contributed by atoms with van der Waals surface area (Å²) in [4.78, 5) is 47.7. The van der Waals surface area contributed by atoms with Gasteiger partial charge in [-0.25, -0.2) is 0 Å². The van der Waals surface area contributed by atoms with Gasteiger partial charge in [-0.1, -0.05) is 17.7 Å². The van der Waals surface area contributed by atoms with Crippen molar-refractivity contribution in [2.24, 2.45) is 0 Å². The van der Waals surface area contributed by atoms with Gasteiger partial charge in [0.05, 0.1) is 0 Å². The van der Waals surface area contributed by atoms with Gasteiger partial charge < -0.3 is 30.0 Å². The second kappa shape index (κ2) is 7.23. The van der Waals surface area contributed by atoms with E-state index in [4.69, 9.17) is 19.6 Å². The lowest BCUT2D eigenvalue weighted by Gasteiger charge is -2.29. The molecular formula is C12H19NO8P2. The average molecular weight is 367 g/mol. The van der Waals surface area contributed by atoms with Gasteiger partial charge in [0.2, 0.25) is 0 Å². The molecule has 130 valence electrons. The third-order valence-corrected chi connectivity index (χ3v) is 7.10. The highest BCUT2D eigenvalue weighted by molar-refractivity contribution is 7.72. The van der Waals surface area contributed by atoms with Gasteiger partial charge >= 0.3 is 15.2 Å². The van der Waals surface area contributed by atoms with Gasteiger partial charge in [0.1, 0.15) is 0 Å². The molecule has 0 aliphatic heterocycles. The fraction of sp³-hybridized carbons (Fsp3) is 0.417. The molecule has 6 N–H and O–H groups in total. The summed E-state index contributed by atoms with van der Waals surface area (Å²) in [6.07, 6.45) is -1.10. The molecule has 0 bridgehead atoms. The summed E-state index contributed by atoms with van der Waals surface area (Å²) in [6.45, 7) is 1.74. The van der Waals surface area contributed by atoms with Crippen LogP contribution >= 0.6 is 15.2 Å². The minimum atomic E-state index is -5.46. The zero-order valence-electron chi connectivity index (χ0n) is 12.3. The third kappa shape index (κ3) is 4.96. The number of hydrogen-bond acceptors (Lipinski definition) is 4. The first-order valence-corrected chi connectivity index (χ1v) is 9.79. The first-order valence-electron chi connectivity index (χ1n) is 6.57. The minimum Gasteiger partial charge on any atom is -0.368 e. The predicted molar refractivity (Wildman–Crippen MR) is 81.8 cm³/mol. The largest absolute Gasteiger partial charge is 0.369 e. The van der Waals surface area contributed by atoms with Crippen molar-refractivity contribution in [1.29, 1.82) is 0 Å². The van der Waals surface area contributed by atoms with Crippen molar-refractivity contribution >= 4 is 21.1 Å². The number of hydrogen-bond donors (Lipinski definition) is 6. The molecule has 0 aliphatic rings. The van der Waals surface area contributed by atoms with Crippen molar-refractivity contribution in [3.05, 3.63) is 35.4 Å². The van der Waals surface area contributed by atoms with Crippen LogP contribution in [0.5, 0.6) is 0 Å². The van der Waals surface area contributed by atoms with Crippen LogP contribution in [0.1, 0.15) is 28.8 Å². The van der Waals surface area contributed by atoms with Gasteiger partial charge in [-0.05, 0) is 25.5 Å². The summed E-state index contributed by atoms with van der Waals surface area (Å²) in [5.74, 6) is -0.444. The molecule has 1 aromatic carbocycles. The lowest BCUT2D eigenvalue weighted by molar-refractivity contribution is 0.0946. The SMILES string of the molecule is Cc1ccc(C(=O)NCCCC(O)(P(=O)(O)O)P(=O)(O)O)cc1. The molecule has 1 aromatic rings. The molecule has 0 saturated carbocycles. The fourth-order valence-corrected chi connectivity index (χ4v) is 4.05. The standard InChI is InChI=1S/C12H19NO8P2/c1-9-3-5-10(6-4-9)11(14)13-8-2-7-12(15,22(16,17)18)23(19,20)21/h3-6,15H,2,7-8H2,1H3,(H,13,14)(H2,16,17,18)(H2,19,20,21). The second-order valence-electron chi connectivity index (χ2n) is 5.09. The predicted octanol–water partition coefficient (Wildman–Crippen LogP) is 0.507. The van der Waals surface area contributed by atoms with E-state index in [0.717, 1.165) is 5.56 Å². The molecule has 1 rings (SSSR count). The Bertz CT molecular complexity index is 626. The maximum atomic E-state index is 11.8. The van der Waals surface area contributed by atoms with Gasteiger partial charge in [0.25, 0.3) is 11.0 Å². The van der Waals surface area contributed by atoms with E-state index < -0.39 is 32.6 Å². The van der Waals surface area contributed by atoms with E-state index >= 15 is 0 Å². The smallest absolute Gasteiger partial charge is 0.368 e. The topological polar surface area (TPSA) is 164 Å². The van der Waals surface area contributed by atoms with Crippen LogP contribution in [0, 0.1) is 6.92 Å². The molecule has 0 heterocycles. The average Bonchev–Trinajstić information content (AvgIpc) is 2.41. The highest BCUT2D eigenvalue weighted by Crippen LogP contribution is 2.69. The Morgan fingerprint density at radius 3 is 2.00 bits per heavy atom. The highest BCUT2D eigenvalue weighted by Gasteiger charge is 2.58. The van der Waals surface area contributed by atoms with Crippen LogP contribution in [0.4, 0.5) is 0 Å². The fourth-order valence-electron chi connectivity index (χ4n) is 1.80. The zero-order chi connectivity index (χ0) is 17.9. The van der Waals surface area contributed by atoms with Crippen LogP contribution in [-0.2, 0) is 9.13 Å². The van der Waals surface area contributed by atoms with E-state index in [1.165, 1.54) is 0 Å². The van der Waals surface area contributed by atoms with Gasteiger partial charge in [-0.2, -0.15) is 0 Å².